The van der Waals surface area contributed by atoms with Gasteiger partial charge in [-0.3, -0.25) is 19.7 Å². The maximum Gasteiger partial charge on any atom is 0.286 e. The molecule has 29 heavy (non-hydrogen) atoms. The summed E-state index contributed by atoms with van der Waals surface area (Å²) in [5, 5.41) is 11.9. The number of methoxy groups -OCH3 is 2. The normalized spacial score (nSPS) is 10.6. The maximum atomic E-state index is 12.9. The largest absolute Gasteiger partial charge is 0.493 e. The van der Waals surface area contributed by atoms with E-state index in [1.165, 1.54) is 32.2 Å². The van der Waals surface area contributed by atoms with Gasteiger partial charge in [0.25, 0.3) is 17.2 Å². The van der Waals surface area contributed by atoms with Crippen LogP contribution in [0.3, 0.4) is 0 Å². The summed E-state index contributed by atoms with van der Waals surface area (Å²) in [6.07, 6.45) is 0. The molecule has 1 amide bonds. The van der Waals surface area contributed by atoms with E-state index in [0.29, 0.717) is 10.9 Å². The molecule has 0 aliphatic carbocycles. The van der Waals surface area contributed by atoms with Gasteiger partial charge in [0.15, 0.2) is 11.5 Å². The number of hydrogen-bond acceptors (Lipinski definition) is 7. The van der Waals surface area contributed by atoms with Crippen molar-refractivity contribution in [3.8, 4) is 11.5 Å². The first-order valence-electron chi connectivity index (χ1n) is 8.49. The van der Waals surface area contributed by atoms with Crippen molar-refractivity contribution in [2.75, 3.05) is 21.3 Å². The Bertz CT molecular complexity index is 1160. The fraction of sp³-hybridized carbons (Fsp3) is 0.211. The molecule has 0 spiro atoms. The van der Waals surface area contributed by atoms with E-state index in [-0.39, 0.29) is 35.0 Å². The Morgan fingerprint density at radius 2 is 1.86 bits per heavy atom. The predicted molar refractivity (Wildman–Crippen MR) is 104 cm³/mol. The average Bonchev–Trinajstić information content (AvgIpc) is 2.72. The summed E-state index contributed by atoms with van der Waals surface area (Å²) in [5.41, 5.74) is -0.425. The van der Waals surface area contributed by atoms with Gasteiger partial charge >= 0.3 is 0 Å². The molecule has 0 unspecified atom stereocenters. The summed E-state index contributed by atoms with van der Waals surface area (Å²) in [4.78, 5) is 44.1. The van der Waals surface area contributed by atoms with Crippen molar-refractivity contribution in [3.63, 3.8) is 0 Å². The van der Waals surface area contributed by atoms with Gasteiger partial charge < -0.3 is 19.4 Å². The van der Waals surface area contributed by atoms with E-state index in [1.54, 1.807) is 24.3 Å². The maximum absolute atomic E-state index is 12.9. The first kappa shape index (κ1) is 19.8. The Kier molecular flexibility index (Phi) is 5.44. The fourth-order valence-corrected chi connectivity index (χ4v) is 2.90. The first-order chi connectivity index (χ1) is 13.8. The number of fused-ring (bicyclic) bond motifs is 1. The second-order valence-corrected chi connectivity index (χ2v) is 6.17. The van der Waals surface area contributed by atoms with E-state index in [9.17, 15) is 19.7 Å². The molecular formula is C19H18N4O6. The van der Waals surface area contributed by atoms with Crippen LogP contribution in [0.5, 0.6) is 11.5 Å². The number of H-pyrrole nitrogens is 1. The minimum Gasteiger partial charge on any atom is -0.493 e. The predicted octanol–water partition coefficient (Wildman–Crippen LogP) is 2.12. The highest BCUT2D eigenvalue weighted by Crippen LogP contribution is 2.35. The van der Waals surface area contributed by atoms with Gasteiger partial charge in [-0.15, -0.1) is 0 Å². The molecular weight excluding hydrogens is 380 g/mol. The molecule has 1 aromatic heterocycles. The van der Waals surface area contributed by atoms with E-state index in [2.05, 4.69) is 9.97 Å². The Hall–Kier alpha value is -3.95. The lowest BCUT2D eigenvalue weighted by atomic mass is 10.1. The minimum absolute atomic E-state index is 0.0512. The number of nitro groups is 1. The third kappa shape index (κ3) is 3.86. The average molecular weight is 398 g/mol. The van der Waals surface area contributed by atoms with Crippen molar-refractivity contribution in [2.45, 2.75) is 6.54 Å². The molecule has 10 nitrogen and oxygen atoms in total. The third-order valence-electron chi connectivity index (χ3n) is 4.32. The van der Waals surface area contributed by atoms with Crippen LogP contribution < -0.4 is 15.0 Å². The highest BCUT2D eigenvalue weighted by atomic mass is 16.6. The van der Waals surface area contributed by atoms with Crippen LogP contribution in [-0.2, 0) is 6.54 Å². The molecule has 0 saturated carbocycles. The molecule has 3 aromatic rings. The van der Waals surface area contributed by atoms with E-state index >= 15 is 0 Å². The van der Waals surface area contributed by atoms with Gasteiger partial charge in [0.2, 0.25) is 0 Å². The smallest absolute Gasteiger partial charge is 0.286 e. The molecule has 0 saturated heterocycles. The molecule has 150 valence electrons. The molecule has 0 atom stereocenters. The standard InChI is InChI=1S/C19H18N4O6/c1-22(10-17-20-13-7-5-4-6-11(13)18(24)21-17)19(25)12-8-15(28-2)16(29-3)9-14(12)23(26)27/h4-9H,10H2,1-3H3,(H,20,21,24). The number of hydrogen-bond donors (Lipinski definition) is 1. The monoisotopic (exact) mass is 398 g/mol. The van der Waals surface area contributed by atoms with Crippen molar-refractivity contribution in [2.24, 2.45) is 0 Å². The summed E-state index contributed by atoms with van der Waals surface area (Å²) in [7, 11) is 4.17. The lowest BCUT2D eigenvalue weighted by Gasteiger charge is -2.18. The topological polar surface area (TPSA) is 128 Å². The number of carbonyl (C=O) groups is 1. The highest BCUT2D eigenvalue weighted by molar-refractivity contribution is 5.99. The van der Waals surface area contributed by atoms with Crippen molar-refractivity contribution in [1.82, 2.24) is 14.9 Å². The summed E-state index contributed by atoms with van der Waals surface area (Å²) in [6.45, 7) is -0.0512. The van der Waals surface area contributed by atoms with E-state index in [1.807, 2.05) is 0 Å². The molecule has 0 radical (unpaired) electrons. The van der Waals surface area contributed by atoms with Crippen LogP contribution >= 0.6 is 0 Å². The molecule has 2 aromatic carbocycles. The Morgan fingerprint density at radius 1 is 1.21 bits per heavy atom. The van der Waals surface area contributed by atoms with Crippen LogP contribution in [0.15, 0.2) is 41.2 Å². The number of amides is 1. The molecule has 0 bridgehead atoms. The Morgan fingerprint density at radius 3 is 2.52 bits per heavy atom. The zero-order valence-corrected chi connectivity index (χ0v) is 16.0. The lowest BCUT2D eigenvalue weighted by Crippen LogP contribution is -2.29. The summed E-state index contributed by atoms with van der Waals surface area (Å²) >= 11 is 0. The van der Waals surface area contributed by atoms with E-state index in [4.69, 9.17) is 9.47 Å². The van der Waals surface area contributed by atoms with Gasteiger partial charge in [0.1, 0.15) is 11.4 Å². The van der Waals surface area contributed by atoms with Gasteiger partial charge in [0.05, 0.1) is 42.7 Å². The van der Waals surface area contributed by atoms with Gasteiger partial charge in [0, 0.05) is 13.1 Å². The summed E-state index contributed by atoms with van der Waals surface area (Å²) in [5.74, 6) is -0.0489. The number of rotatable bonds is 6. The molecule has 10 heteroatoms. The Labute approximate surface area is 164 Å². The number of aromatic amines is 1. The molecule has 1 heterocycles. The van der Waals surface area contributed by atoms with Crippen LogP contribution in [0.25, 0.3) is 10.9 Å². The first-order valence-corrected chi connectivity index (χ1v) is 8.49. The van der Waals surface area contributed by atoms with Crippen LogP contribution in [0.4, 0.5) is 5.69 Å². The van der Waals surface area contributed by atoms with Crippen LogP contribution in [0, 0.1) is 10.1 Å². The molecule has 0 aliphatic heterocycles. The van der Waals surface area contributed by atoms with Crippen LogP contribution in [0.1, 0.15) is 16.2 Å². The number of benzene rings is 2. The molecule has 3 rings (SSSR count). The van der Waals surface area contributed by atoms with Crippen LogP contribution in [-0.4, -0.2) is 47.0 Å². The minimum atomic E-state index is -0.667. The van der Waals surface area contributed by atoms with Crippen molar-refractivity contribution >= 4 is 22.5 Å². The number of ether oxygens (including phenoxy) is 2. The zero-order valence-electron chi connectivity index (χ0n) is 16.0. The number of carbonyl (C=O) groups excluding carboxylic acids is 1. The number of para-hydroxylation sites is 1. The van der Waals surface area contributed by atoms with Gasteiger partial charge in [-0.2, -0.15) is 0 Å². The molecule has 0 aliphatic rings. The Balaban J connectivity index is 1.96. The summed E-state index contributed by atoms with van der Waals surface area (Å²) < 4.78 is 10.2. The third-order valence-corrected chi connectivity index (χ3v) is 4.32. The van der Waals surface area contributed by atoms with Gasteiger partial charge in [-0.25, -0.2) is 4.98 Å². The lowest BCUT2D eigenvalue weighted by molar-refractivity contribution is -0.385. The number of aromatic nitrogens is 2. The van der Waals surface area contributed by atoms with Crippen molar-refractivity contribution in [1.29, 1.82) is 0 Å². The highest BCUT2D eigenvalue weighted by Gasteiger charge is 2.27. The van der Waals surface area contributed by atoms with E-state index < -0.39 is 16.5 Å². The number of nitrogens with zero attached hydrogens (tertiary/aromatic N) is 3. The molecule has 1 N–H and O–H groups in total. The zero-order chi connectivity index (χ0) is 21.1. The number of nitro benzene ring substituents is 1. The second kappa shape index (κ2) is 7.97. The van der Waals surface area contributed by atoms with Crippen LogP contribution in [0.2, 0.25) is 0 Å². The fourth-order valence-electron chi connectivity index (χ4n) is 2.90. The molecule has 0 fully saturated rings. The van der Waals surface area contributed by atoms with Gasteiger partial charge in [-0.1, -0.05) is 12.1 Å². The van der Waals surface area contributed by atoms with Crippen molar-refractivity contribution < 1.29 is 19.2 Å². The second-order valence-electron chi connectivity index (χ2n) is 6.17. The van der Waals surface area contributed by atoms with Gasteiger partial charge in [-0.05, 0) is 12.1 Å². The van der Waals surface area contributed by atoms with E-state index in [0.717, 1.165) is 6.07 Å². The summed E-state index contributed by atoms with van der Waals surface area (Å²) in [6, 6.07) is 9.20. The number of nitrogens with one attached hydrogen (secondary N) is 1. The SMILES string of the molecule is COc1cc(C(=O)N(C)Cc2nc3ccccc3c(=O)[nH]2)c([N+](=O)[O-])cc1OC. The quantitative estimate of drug-likeness (QED) is 0.497. The van der Waals surface area contributed by atoms with Crippen molar-refractivity contribution in [3.05, 3.63) is 68.3 Å².